The standard InChI is InChI=1S/C19H19N3O6S2/c1-26-15-5-4-13(10-16(15)30(24,25)22-7-2-3-8-22)19(23)27-11-17-20-18(28-21-17)14-6-9-29-12-14/h4-6,9-10,12H,2-3,7-8,11H2,1H3. The predicted molar refractivity (Wildman–Crippen MR) is 108 cm³/mol. The maximum absolute atomic E-state index is 12.9. The minimum atomic E-state index is -3.76. The van der Waals surface area contributed by atoms with Gasteiger partial charge in [0, 0.05) is 18.5 Å². The number of hydrogen-bond donors (Lipinski definition) is 0. The highest BCUT2D eigenvalue weighted by molar-refractivity contribution is 7.89. The number of sulfonamides is 1. The molecular formula is C19H19N3O6S2. The SMILES string of the molecule is COc1ccc(C(=O)OCc2noc(-c3ccsc3)n2)cc1S(=O)(=O)N1CCCC1. The summed E-state index contributed by atoms with van der Waals surface area (Å²) in [6.07, 6.45) is 1.61. The summed E-state index contributed by atoms with van der Waals surface area (Å²) in [6.45, 7) is 0.696. The molecule has 3 heterocycles. The van der Waals surface area contributed by atoms with Crippen LogP contribution in [0.5, 0.6) is 5.75 Å². The number of rotatable bonds is 7. The highest BCUT2D eigenvalue weighted by Crippen LogP contribution is 2.30. The predicted octanol–water partition coefficient (Wildman–Crippen LogP) is 2.95. The Morgan fingerprint density at radius 2 is 2.07 bits per heavy atom. The molecule has 0 bridgehead atoms. The van der Waals surface area contributed by atoms with Gasteiger partial charge in [0.1, 0.15) is 10.6 Å². The summed E-state index contributed by atoms with van der Waals surface area (Å²) < 4.78 is 42.9. The van der Waals surface area contributed by atoms with E-state index in [9.17, 15) is 13.2 Å². The van der Waals surface area contributed by atoms with Gasteiger partial charge in [0.15, 0.2) is 6.61 Å². The first-order valence-electron chi connectivity index (χ1n) is 9.19. The average molecular weight is 450 g/mol. The van der Waals surface area contributed by atoms with Crippen molar-refractivity contribution in [1.29, 1.82) is 0 Å². The number of hydrogen-bond acceptors (Lipinski definition) is 9. The van der Waals surface area contributed by atoms with E-state index < -0.39 is 16.0 Å². The first-order chi connectivity index (χ1) is 14.5. The van der Waals surface area contributed by atoms with Gasteiger partial charge < -0.3 is 14.0 Å². The van der Waals surface area contributed by atoms with E-state index in [2.05, 4.69) is 10.1 Å². The molecule has 1 aliphatic rings. The Bertz CT molecular complexity index is 1130. The molecule has 0 atom stereocenters. The number of carbonyl (C=O) groups is 1. The number of aromatic nitrogens is 2. The van der Waals surface area contributed by atoms with Gasteiger partial charge in [0.25, 0.3) is 5.89 Å². The van der Waals surface area contributed by atoms with E-state index in [1.54, 1.807) is 0 Å². The second kappa shape index (κ2) is 8.54. The van der Waals surface area contributed by atoms with Crippen LogP contribution in [0, 0.1) is 0 Å². The van der Waals surface area contributed by atoms with Crippen LogP contribution in [-0.4, -0.2) is 49.0 Å². The van der Waals surface area contributed by atoms with Crippen molar-refractivity contribution >= 4 is 27.3 Å². The van der Waals surface area contributed by atoms with E-state index in [-0.39, 0.29) is 28.6 Å². The molecule has 0 unspecified atom stereocenters. The number of methoxy groups -OCH3 is 1. The molecule has 158 valence electrons. The van der Waals surface area contributed by atoms with Crippen molar-refractivity contribution in [2.24, 2.45) is 0 Å². The lowest BCUT2D eigenvalue weighted by atomic mass is 10.2. The third-order valence-electron chi connectivity index (χ3n) is 4.65. The molecule has 0 spiro atoms. The Balaban J connectivity index is 1.50. The van der Waals surface area contributed by atoms with Gasteiger partial charge in [-0.3, -0.25) is 0 Å². The van der Waals surface area contributed by atoms with Crippen LogP contribution in [-0.2, 0) is 21.4 Å². The number of nitrogens with zero attached hydrogens (tertiary/aromatic N) is 3. The maximum Gasteiger partial charge on any atom is 0.338 e. The van der Waals surface area contributed by atoms with E-state index in [4.69, 9.17) is 14.0 Å². The van der Waals surface area contributed by atoms with Crippen LogP contribution in [0.2, 0.25) is 0 Å². The van der Waals surface area contributed by atoms with Crippen molar-refractivity contribution in [3.05, 3.63) is 46.4 Å². The number of carbonyl (C=O) groups excluding carboxylic acids is 1. The van der Waals surface area contributed by atoms with Crippen molar-refractivity contribution in [3.63, 3.8) is 0 Å². The van der Waals surface area contributed by atoms with Gasteiger partial charge in [0.2, 0.25) is 15.8 Å². The van der Waals surface area contributed by atoms with Crippen molar-refractivity contribution in [2.75, 3.05) is 20.2 Å². The molecule has 9 nitrogen and oxygen atoms in total. The lowest BCUT2D eigenvalue weighted by Crippen LogP contribution is -2.28. The van der Waals surface area contributed by atoms with Gasteiger partial charge >= 0.3 is 5.97 Å². The molecule has 1 saturated heterocycles. The van der Waals surface area contributed by atoms with Gasteiger partial charge in [0.05, 0.1) is 18.2 Å². The van der Waals surface area contributed by atoms with Crippen molar-refractivity contribution in [1.82, 2.24) is 14.4 Å². The molecule has 0 amide bonds. The normalized spacial score (nSPS) is 14.7. The van der Waals surface area contributed by atoms with Crippen LogP contribution >= 0.6 is 11.3 Å². The zero-order valence-electron chi connectivity index (χ0n) is 16.1. The quantitative estimate of drug-likeness (QED) is 0.506. The summed E-state index contributed by atoms with van der Waals surface area (Å²) in [5.74, 6) is 0.0307. The summed E-state index contributed by atoms with van der Waals surface area (Å²) in [5.41, 5.74) is 0.882. The van der Waals surface area contributed by atoms with E-state index in [1.807, 2.05) is 16.8 Å². The third kappa shape index (κ3) is 4.09. The highest BCUT2D eigenvalue weighted by atomic mass is 32.2. The van der Waals surface area contributed by atoms with Crippen LogP contribution in [0.3, 0.4) is 0 Å². The summed E-state index contributed by atoms with van der Waals surface area (Å²) in [4.78, 5) is 16.6. The molecule has 0 aliphatic carbocycles. The molecule has 30 heavy (non-hydrogen) atoms. The van der Waals surface area contributed by atoms with Gasteiger partial charge in [-0.25, -0.2) is 13.2 Å². The van der Waals surface area contributed by atoms with E-state index in [0.717, 1.165) is 18.4 Å². The van der Waals surface area contributed by atoms with E-state index >= 15 is 0 Å². The van der Waals surface area contributed by atoms with Crippen LogP contribution in [0.15, 0.2) is 44.4 Å². The maximum atomic E-state index is 12.9. The van der Waals surface area contributed by atoms with Crippen LogP contribution in [0.25, 0.3) is 11.5 Å². The average Bonchev–Trinajstić information content (AvgIpc) is 3.53. The molecule has 0 radical (unpaired) electrons. The van der Waals surface area contributed by atoms with Crippen LogP contribution < -0.4 is 4.74 Å². The molecule has 3 aromatic rings. The van der Waals surface area contributed by atoms with Crippen LogP contribution in [0.4, 0.5) is 0 Å². The van der Waals surface area contributed by atoms with Gasteiger partial charge in [-0.05, 0) is 42.5 Å². The second-order valence-corrected chi connectivity index (χ2v) is 9.27. The first-order valence-corrected chi connectivity index (χ1v) is 11.6. The zero-order chi connectivity index (χ0) is 21.1. The molecule has 1 fully saturated rings. The molecular weight excluding hydrogens is 430 g/mol. The Hall–Kier alpha value is -2.76. The van der Waals surface area contributed by atoms with Crippen LogP contribution in [0.1, 0.15) is 29.0 Å². The van der Waals surface area contributed by atoms with Gasteiger partial charge in [-0.15, -0.1) is 0 Å². The minimum Gasteiger partial charge on any atom is -0.495 e. The first kappa shape index (κ1) is 20.5. The van der Waals surface area contributed by atoms with Crippen molar-refractivity contribution in [3.8, 4) is 17.2 Å². The summed E-state index contributed by atoms with van der Waals surface area (Å²) in [5, 5.41) is 7.54. The lowest BCUT2D eigenvalue weighted by molar-refractivity contribution is 0.0459. The number of esters is 1. The lowest BCUT2D eigenvalue weighted by Gasteiger charge is -2.18. The summed E-state index contributed by atoms with van der Waals surface area (Å²) >= 11 is 1.50. The van der Waals surface area contributed by atoms with Gasteiger partial charge in [-0.2, -0.15) is 20.6 Å². The van der Waals surface area contributed by atoms with Crippen molar-refractivity contribution in [2.45, 2.75) is 24.3 Å². The second-order valence-electron chi connectivity index (χ2n) is 6.58. The third-order valence-corrected chi connectivity index (χ3v) is 7.25. The monoisotopic (exact) mass is 449 g/mol. The van der Waals surface area contributed by atoms with E-state index in [0.29, 0.717) is 19.0 Å². The van der Waals surface area contributed by atoms with Crippen molar-refractivity contribution < 1.29 is 27.2 Å². The fourth-order valence-corrected chi connectivity index (χ4v) is 5.43. The zero-order valence-corrected chi connectivity index (χ0v) is 17.7. The fraction of sp³-hybridized carbons (Fsp3) is 0.316. The smallest absolute Gasteiger partial charge is 0.338 e. The molecule has 11 heteroatoms. The number of ether oxygens (including phenoxy) is 2. The number of benzene rings is 1. The highest BCUT2D eigenvalue weighted by Gasteiger charge is 2.31. The molecule has 4 rings (SSSR count). The van der Waals surface area contributed by atoms with E-state index in [1.165, 1.54) is 41.0 Å². The molecule has 1 aliphatic heterocycles. The Labute approximate surface area is 177 Å². The molecule has 2 aromatic heterocycles. The largest absolute Gasteiger partial charge is 0.495 e. The summed E-state index contributed by atoms with van der Waals surface area (Å²) in [6, 6.07) is 6.02. The van der Waals surface area contributed by atoms with Gasteiger partial charge in [-0.1, -0.05) is 5.16 Å². The Morgan fingerprint density at radius 3 is 2.77 bits per heavy atom. The Kier molecular flexibility index (Phi) is 5.84. The topological polar surface area (TPSA) is 112 Å². The minimum absolute atomic E-state index is 0.0549. The fourth-order valence-electron chi connectivity index (χ4n) is 3.10. The molecule has 0 saturated carbocycles. The summed E-state index contributed by atoms with van der Waals surface area (Å²) in [7, 11) is -2.38. The Morgan fingerprint density at radius 1 is 1.27 bits per heavy atom. The molecule has 1 aromatic carbocycles. The number of thiophene rings is 1. The molecule has 0 N–H and O–H groups in total.